The van der Waals surface area contributed by atoms with Crippen LogP contribution in [0.4, 0.5) is 13.2 Å². The van der Waals surface area contributed by atoms with Gasteiger partial charge in [0, 0.05) is 17.9 Å². The van der Waals surface area contributed by atoms with Gasteiger partial charge in [0.05, 0.1) is 5.56 Å². The van der Waals surface area contributed by atoms with E-state index in [9.17, 15) is 13.2 Å². The van der Waals surface area contributed by atoms with Gasteiger partial charge in [0.1, 0.15) is 0 Å². The predicted molar refractivity (Wildman–Crippen MR) is 70.9 cm³/mol. The Morgan fingerprint density at radius 3 is 2.55 bits per heavy atom. The van der Waals surface area contributed by atoms with Crippen LogP contribution in [0.25, 0.3) is 0 Å². The minimum atomic E-state index is -4.34. The average molecular weight is 280 g/mol. The van der Waals surface area contributed by atoms with Gasteiger partial charge in [-0.1, -0.05) is 18.2 Å². The number of benzene rings is 1. The predicted octanol–water partition coefficient (Wildman–Crippen LogP) is 3.73. The lowest BCUT2D eigenvalue weighted by Gasteiger charge is -2.14. The van der Waals surface area contributed by atoms with Gasteiger partial charge in [-0.2, -0.15) is 13.2 Å². The first-order valence-corrected chi connectivity index (χ1v) is 6.29. The van der Waals surface area contributed by atoms with Gasteiger partial charge in [0.15, 0.2) is 0 Å². The Hall–Kier alpha value is -1.88. The highest BCUT2D eigenvalue weighted by Gasteiger charge is 2.30. The van der Waals surface area contributed by atoms with Crippen LogP contribution in [-0.4, -0.2) is 4.98 Å². The zero-order valence-corrected chi connectivity index (χ0v) is 10.8. The van der Waals surface area contributed by atoms with E-state index in [0.717, 1.165) is 17.8 Å². The summed E-state index contributed by atoms with van der Waals surface area (Å²) < 4.78 is 37.9. The zero-order valence-electron chi connectivity index (χ0n) is 10.8. The molecule has 0 saturated heterocycles. The van der Waals surface area contributed by atoms with Gasteiger partial charge >= 0.3 is 6.18 Å². The topological polar surface area (TPSA) is 38.9 Å². The molecule has 0 radical (unpaired) electrons. The van der Waals surface area contributed by atoms with Gasteiger partial charge in [-0.25, -0.2) is 0 Å². The molecule has 1 heterocycles. The highest BCUT2D eigenvalue weighted by molar-refractivity contribution is 5.27. The van der Waals surface area contributed by atoms with E-state index in [1.165, 1.54) is 6.07 Å². The van der Waals surface area contributed by atoms with Crippen molar-refractivity contribution < 1.29 is 13.2 Å². The van der Waals surface area contributed by atoms with Crippen LogP contribution in [0.5, 0.6) is 0 Å². The normalized spacial score (nSPS) is 13.2. The third kappa shape index (κ3) is 3.81. The van der Waals surface area contributed by atoms with Crippen LogP contribution in [0.15, 0.2) is 48.7 Å². The standard InChI is InChI=1S/C15H15F3N2/c16-15(17,18)12-5-3-4-11(10-12)14(19)8-7-13-6-1-2-9-20-13/h1-6,9-10,14H,7-8,19H2. The van der Waals surface area contributed by atoms with Crippen molar-refractivity contribution in [2.75, 3.05) is 0 Å². The Bertz CT molecular complexity index is 553. The van der Waals surface area contributed by atoms with Crippen molar-refractivity contribution in [1.29, 1.82) is 0 Å². The fourth-order valence-corrected chi connectivity index (χ4v) is 1.96. The molecule has 20 heavy (non-hydrogen) atoms. The molecule has 1 aromatic carbocycles. The summed E-state index contributed by atoms with van der Waals surface area (Å²) in [5, 5.41) is 0. The number of aryl methyl sites for hydroxylation is 1. The number of nitrogens with zero attached hydrogens (tertiary/aromatic N) is 1. The second-order valence-corrected chi connectivity index (χ2v) is 4.59. The lowest BCUT2D eigenvalue weighted by atomic mass is 9.99. The van der Waals surface area contributed by atoms with Crippen LogP contribution < -0.4 is 5.73 Å². The lowest BCUT2D eigenvalue weighted by molar-refractivity contribution is -0.137. The molecule has 1 atom stereocenters. The smallest absolute Gasteiger partial charge is 0.324 e. The number of rotatable bonds is 4. The first-order valence-electron chi connectivity index (χ1n) is 6.29. The van der Waals surface area contributed by atoms with E-state index in [-0.39, 0.29) is 0 Å². The fraction of sp³-hybridized carbons (Fsp3) is 0.267. The summed E-state index contributed by atoms with van der Waals surface area (Å²) in [6, 6.07) is 10.3. The quantitative estimate of drug-likeness (QED) is 0.926. The van der Waals surface area contributed by atoms with E-state index in [4.69, 9.17) is 5.73 Å². The molecule has 0 aliphatic rings. The molecule has 1 unspecified atom stereocenters. The third-order valence-corrected chi connectivity index (χ3v) is 3.08. The Morgan fingerprint density at radius 2 is 1.90 bits per heavy atom. The number of hydrogen-bond acceptors (Lipinski definition) is 2. The first-order chi connectivity index (χ1) is 9.47. The van der Waals surface area contributed by atoms with E-state index in [0.29, 0.717) is 18.4 Å². The van der Waals surface area contributed by atoms with E-state index in [2.05, 4.69) is 4.98 Å². The van der Waals surface area contributed by atoms with Crippen LogP contribution >= 0.6 is 0 Å². The molecule has 0 bridgehead atoms. The van der Waals surface area contributed by atoms with Crippen molar-refractivity contribution >= 4 is 0 Å². The second kappa shape index (κ2) is 6.05. The maximum atomic E-state index is 12.6. The second-order valence-electron chi connectivity index (χ2n) is 4.59. The van der Waals surface area contributed by atoms with Crippen molar-refractivity contribution in [3.05, 3.63) is 65.5 Å². The Labute approximate surface area is 115 Å². The monoisotopic (exact) mass is 280 g/mol. The van der Waals surface area contributed by atoms with Gasteiger partial charge in [0.2, 0.25) is 0 Å². The van der Waals surface area contributed by atoms with Crippen LogP contribution in [0.2, 0.25) is 0 Å². The van der Waals surface area contributed by atoms with Crippen molar-refractivity contribution in [3.63, 3.8) is 0 Å². The molecule has 2 rings (SSSR count). The number of pyridine rings is 1. The van der Waals surface area contributed by atoms with Crippen LogP contribution in [0, 0.1) is 0 Å². The Balaban J connectivity index is 2.04. The van der Waals surface area contributed by atoms with Crippen molar-refractivity contribution in [2.24, 2.45) is 5.73 Å². The maximum absolute atomic E-state index is 12.6. The van der Waals surface area contributed by atoms with Gasteiger partial charge < -0.3 is 5.73 Å². The molecule has 0 aliphatic carbocycles. The number of nitrogens with two attached hydrogens (primary N) is 1. The van der Waals surface area contributed by atoms with Crippen LogP contribution in [0.3, 0.4) is 0 Å². The van der Waals surface area contributed by atoms with Crippen molar-refractivity contribution in [3.8, 4) is 0 Å². The summed E-state index contributed by atoms with van der Waals surface area (Å²) in [6.45, 7) is 0. The van der Waals surface area contributed by atoms with Crippen LogP contribution in [-0.2, 0) is 12.6 Å². The molecular weight excluding hydrogens is 265 g/mol. The summed E-state index contributed by atoms with van der Waals surface area (Å²) in [6.07, 6.45) is -1.46. The van der Waals surface area contributed by atoms with Crippen molar-refractivity contribution in [2.45, 2.75) is 25.1 Å². The molecule has 2 nitrogen and oxygen atoms in total. The summed E-state index contributed by atoms with van der Waals surface area (Å²) >= 11 is 0. The molecule has 1 aromatic heterocycles. The van der Waals surface area contributed by atoms with Gasteiger partial charge in [-0.15, -0.1) is 0 Å². The first kappa shape index (κ1) is 14.5. The minimum absolute atomic E-state index is 0.431. The summed E-state index contributed by atoms with van der Waals surface area (Å²) in [4.78, 5) is 4.17. The van der Waals surface area contributed by atoms with Crippen LogP contribution in [0.1, 0.15) is 29.3 Å². The zero-order chi connectivity index (χ0) is 14.6. The molecular formula is C15H15F3N2. The molecule has 0 aliphatic heterocycles. The third-order valence-electron chi connectivity index (χ3n) is 3.08. The highest BCUT2D eigenvalue weighted by atomic mass is 19.4. The molecule has 5 heteroatoms. The molecule has 2 N–H and O–H groups in total. The number of alkyl halides is 3. The molecule has 0 fully saturated rings. The Morgan fingerprint density at radius 1 is 1.10 bits per heavy atom. The molecule has 2 aromatic rings. The van der Waals surface area contributed by atoms with E-state index < -0.39 is 17.8 Å². The Kier molecular flexibility index (Phi) is 4.39. The molecule has 106 valence electrons. The minimum Gasteiger partial charge on any atom is -0.324 e. The van der Waals surface area contributed by atoms with Gasteiger partial charge in [-0.05, 0) is 42.7 Å². The average Bonchev–Trinajstić information content (AvgIpc) is 2.45. The summed E-state index contributed by atoms with van der Waals surface area (Å²) in [5.41, 5.74) is 6.68. The summed E-state index contributed by atoms with van der Waals surface area (Å²) in [7, 11) is 0. The van der Waals surface area contributed by atoms with E-state index >= 15 is 0 Å². The maximum Gasteiger partial charge on any atom is 0.416 e. The fourth-order valence-electron chi connectivity index (χ4n) is 1.96. The summed E-state index contributed by atoms with van der Waals surface area (Å²) in [5.74, 6) is 0. The largest absolute Gasteiger partial charge is 0.416 e. The van der Waals surface area contributed by atoms with Gasteiger partial charge in [-0.3, -0.25) is 4.98 Å². The number of aromatic nitrogens is 1. The van der Waals surface area contributed by atoms with E-state index in [1.54, 1.807) is 12.3 Å². The molecule has 0 spiro atoms. The number of halogens is 3. The van der Waals surface area contributed by atoms with Gasteiger partial charge in [0.25, 0.3) is 0 Å². The SMILES string of the molecule is NC(CCc1ccccn1)c1cccc(C(F)(F)F)c1. The number of hydrogen-bond donors (Lipinski definition) is 1. The molecule has 0 amide bonds. The lowest BCUT2D eigenvalue weighted by Crippen LogP contribution is -2.13. The highest BCUT2D eigenvalue weighted by Crippen LogP contribution is 2.31. The van der Waals surface area contributed by atoms with Crippen molar-refractivity contribution in [1.82, 2.24) is 4.98 Å². The molecule has 0 saturated carbocycles. The van der Waals surface area contributed by atoms with E-state index in [1.807, 2.05) is 18.2 Å².